The van der Waals surface area contributed by atoms with E-state index in [2.05, 4.69) is 4.90 Å². The van der Waals surface area contributed by atoms with E-state index in [4.69, 9.17) is 9.52 Å². The lowest BCUT2D eigenvalue weighted by molar-refractivity contribution is -0.137. The van der Waals surface area contributed by atoms with E-state index in [1.807, 2.05) is 12.1 Å². The summed E-state index contributed by atoms with van der Waals surface area (Å²) >= 11 is 0.817. The van der Waals surface area contributed by atoms with Gasteiger partial charge < -0.3 is 14.4 Å². The number of aryl methyl sites for hydroxylation is 1. The zero-order chi connectivity index (χ0) is 22.9. The van der Waals surface area contributed by atoms with Crippen molar-refractivity contribution in [3.05, 3.63) is 46.3 Å². The first-order chi connectivity index (χ1) is 15.2. The number of nitrogens with zero attached hydrogens (tertiary/aromatic N) is 1. The number of carboxylic acids is 1. The van der Waals surface area contributed by atoms with Gasteiger partial charge in [-0.05, 0) is 55.5 Å². The van der Waals surface area contributed by atoms with E-state index in [0.717, 1.165) is 66.7 Å². The highest BCUT2D eigenvalue weighted by molar-refractivity contribution is 7.88. The van der Waals surface area contributed by atoms with Crippen LogP contribution in [0.1, 0.15) is 37.7 Å². The number of fused-ring (bicyclic) bond motifs is 2. The SMILES string of the molecule is O=C(O)CCCCCN1CCCc2cc3cc(-c4ccc(S(=O)(=O)O)s4)c(=O)oc3cc21. The van der Waals surface area contributed by atoms with Crippen molar-refractivity contribution in [2.24, 2.45) is 0 Å². The molecule has 0 spiro atoms. The molecule has 3 aromatic rings. The van der Waals surface area contributed by atoms with Crippen molar-refractivity contribution >= 4 is 44.1 Å². The monoisotopic (exact) mass is 477 g/mol. The first-order valence-corrected chi connectivity index (χ1v) is 12.6. The van der Waals surface area contributed by atoms with Crippen LogP contribution in [0.5, 0.6) is 0 Å². The Bertz CT molecular complexity index is 1320. The molecule has 0 atom stereocenters. The maximum Gasteiger partial charge on any atom is 0.345 e. The van der Waals surface area contributed by atoms with Crippen LogP contribution >= 0.6 is 11.3 Å². The Hall–Kier alpha value is -2.69. The van der Waals surface area contributed by atoms with Gasteiger partial charge in [-0.15, -0.1) is 11.3 Å². The third kappa shape index (κ3) is 4.87. The molecule has 0 amide bonds. The van der Waals surface area contributed by atoms with Gasteiger partial charge in [-0.2, -0.15) is 8.42 Å². The van der Waals surface area contributed by atoms with Crippen molar-refractivity contribution in [2.45, 2.75) is 42.7 Å². The quantitative estimate of drug-likeness (QED) is 0.281. The molecule has 2 N–H and O–H groups in total. The Morgan fingerprint density at radius 1 is 1.16 bits per heavy atom. The van der Waals surface area contributed by atoms with E-state index < -0.39 is 21.7 Å². The summed E-state index contributed by atoms with van der Waals surface area (Å²) in [6, 6.07) is 8.33. The molecule has 0 saturated heterocycles. The Kier molecular flexibility index (Phi) is 6.36. The average Bonchev–Trinajstić information content (AvgIpc) is 3.22. The number of hydrogen-bond donors (Lipinski definition) is 2. The molecule has 0 aliphatic carbocycles. The van der Waals surface area contributed by atoms with Gasteiger partial charge in [0.05, 0.1) is 5.56 Å². The molecule has 170 valence electrons. The molecule has 10 heteroatoms. The van der Waals surface area contributed by atoms with Crippen LogP contribution in [0.15, 0.2) is 43.8 Å². The summed E-state index contributed by atoms with van der Waals surface area (Å²) in [5, 5.41) is 9.51. The molecule has 0 unspecified atom stereocenters. The minimum Gasteiger partial charge on any atom is -0.481 e. The van der Waals surface area contributed by atoms with E-state index in [0.29, 0.717) is 16.9 Å². The topological polar surface area (TPSA) is 125 Å². The standard InChI is InChI=1S/C22H23NO7S2/c24-20(25)6-2-1-3-9-23-10-4-5-14-11-15-12-16(22(26)30-18(15)13-17(14)23)19-7-8-21(31-19)32(27,28)29/h7-8,11-13H,1-6,9-10H2,(H,24,25)(H,27,28,29). The zero-order valence-electron chi connectivity index (χ0n) is 17.2. The summed E-state index contributed by atoms with van der Waals surface area (Å²) in [7, 11) is -4.33. The summed E-state index contributed by atoms with van der Waals surface area (Å²) in [4.78, 5) is 25.9. The number of unbranched alkanes of at least 4 members (excludes halogenated alkanes) is 2. The first kappa shape index (κ1) is 22.5. The van der Waals surface area contributed by atoms with Gasteiger partial charge in [-0.25, -0.2) is 4.79 Å². The van der Waals surface area contributed by atoms with Crippen LogP contribution in [-0.4, -0.2) is 37.1 Å². The number of rotatable bonds is 8. The molecular formula is C22H23NO7S2. The number of benzene rings is 1. The Morgan fingerprint density at radius 2 is 1.97 bits per heavy atom. The summed E-state index contributed by atoms with van der Waals surface area (Å²) in [6.45, 7) is 1.71. The predicted octanol–water partition coefficient (Wildman–Crippen LogP) is 4.17. The number of aliphatic carboxylic acids is 1. The number of carboxylic acid groups (broad SMARTS) is 1. The lowest BCUT2D eigenvalue weighted by atomic mass is 9.98. The third-order valence-electron chi connectivity index (χ3n) is 5.57. The molecule has 0 saturated carbocycles. The second kappa shape index (κ2) is 9.05. The Morgan fingerprint density at radius 3 is 2.69 bits per heavy atom. The third-order valence-corrected chi connectivity index (χ3v) is 8.01. The molecule has 0 bridgehead atoms. The largest absolute Gasteiger partial charge is 0.481 e. The predicted molar refractivity (Wildman–Crippen MR) is 122 cm³/mol. The van der Waals surface area contributed by atoms with Crippen LogP contribution < -0.4 is 10.5 Å². The van der Waals surface area contributed by atoms with Crippen molar-refractivity contribution in [3.8, 4) is 10.4 Å². The van der Waals surface area contributed by atoms with E-state index >= 15 is 0 Å². The second-order valence-electron chi connectivity index (χ2n) is 7.86. The fourth-order valence-corrected chi connectivity index (χ4v) is 5.71. The molecule has 1 aromatic carbocycles. The highest BCUT2D eigenvalue weighted by Gasteiger charge is 2.20. The zero-order valence-corrected chi connectivity index (χ0v) is 18.9. The van der Waals surface area contributed by atoms with Gasteiger partial charge in [-0.3, -0.25) is 9.35 Å². The molecule has 1 aliphatic rings. The van der Waals surface area contributed by atoms with Crippen molar-refractivity contribution in [2.75, 3.05) is 18.0 Å². The highest BCUT2D eigenvalue weighted by Crippen LogP contribution is 2.34. The van der Waals surface area contributed by atoms with Crippen LogP contribution in [0.4, 0.5) is 5.69 Å². The molecule has 32 heavy (non-hydrogen) atoms. The van der Waals surface area contributed by atoms with Crippen LogP contribution in [0.3, 0.4) is 0 Å². The Balaban J connectivity index is 1.61. The van der Waals surface area contributed by atoms with Gasteiger partial charge in [0.1, 0.15) is 9.79 Å². The van der Waals surface area contributed by atoms with Gasteiger partial charge in [0.15, 0.2) is 0 Å². The Labute approximate surface area is 188 Å². The fraction of sp³-hybridized carbons (Fsp3) is 0.364. The number of carbonyl (C=O) groups is 1. The number of hydrogen-bond acceptors (Lipinski definition) is 7. The van der Waals surface area contributed by atoms with E-state index in [1.54, 1.807) is 6.07 Å². The minimum absolute atomic E-state index is 0.185. The highest BCUT2D eigenvalue weighted by atomic mass is 32.3. The van der Waals surface area contributed by atoms with E-state index in [-0.39, 0.29) is 16.2 Å². The molecule has 2 aromatic heterocycles. The summed E-state index contributed by atoms with van der Waals surface area (Å²) < 4.78 is 37.2. The molecule has 0 radical (unpaired) electrons. The first-order valence-electron chi connectivity index (χ1n) is 10.4. The van der Waals surface area contributed by atoms with E-state index in [1.165, 1.54) is 12.1 Å². The van der Waals surface area contributed by atoms with Crippen molar-refractivity contribution in [1.29, 1.82) is 0 Å². The van der Waals surface area contributed by atoms with Crippen LogP contribution in [0, 0.1) is 0 Å². The van der Waals surface area contributed by atoms with Gasteiger partial charge in [0, 0.05) is 41.5 Å². The maximum atomic E-state index is 12.6. The normalized spacial score (nSPS) is 14.0. The van der Waals surface area contributed by atoms with Crippen molar-refractivity contribution < 1.29 is 27.3 Å². The van der Waals surface area contributed by atoms with Crippen LogP contribution in [-0.2, 0) is 21.3 Å². The van der Waals surface area contributed by atoms with Gasteiger partial charge >= 0.3 is 21.7 Å². The second-order valence-corrected chi connectivity index (χ2v) is 10.6. The molecule has 3 heterocycles. The van der Waals surface area contributed by atoms with Gasteiger partial charge in [0.25, 0.3) is 0 Å². The summed E-state index contributed by atoms with van der Waals surface area (Å²) in [5.41, 5.74) is 2.32. The summed E-state index contributed by atoms with van der Waals surface area (Å²) in [5.74, 6) is -0.772. The number of thiophene rings is 1. The smallest absolute Gasteiger partial charge is 0.345 e. The molecule has 1 aliphatic heterocycles. The minimum atomic E-state index is -4.33. The molecule has 8 nitrogen and oxygen atoms in total. The van der Waals surface area contributed by atoms with Crippen LogP contribution in [0.2, 0.25) is 0 Å². The molecule has 0 fully saturated rings. The van der Waals surface area contributed by atoms with Crippen LogP contribution in [0.25, 0.3) is 21.4 Å². The average molecular weight is 478 g/mol. The fourth-order valence-electron chi connectivity index (χ4n) is 4.04. The molecular weight excluding hydrogens is 454 g/mol. The van der Waals surface area contributed by atoms with Crippen molar-refractivity contribution in [1.82, 2.24) is 0 Å². The number of anilines is 1. The maximum absolute atomic E-state index is 12.6. The summed E-state index contributed by atoms with van der Waals surface area (Å²) in [6.07, 6.45) is 4.48. The molecule has 4 rings (SSSR count). The lowest BCUT2D eigenvalue weighted by Crippen LogP contribution is -2.30. The van der Waals surface area contributed by atoms with E-state index in [9.17, 15) is 22.6 Å². The van der Waals surface area contributed by atoms with Crippen molar-refractivity contribution in [3.63, 3.8) is 0 Å². The van der Waals surface area contributed by atoms with Gasteiger partial charge in [0.2, 0.25) is 0 Å². The lowest BCUT2D eigenvalue weighted by Gasteiger charge is -2.31. The van der Waals surface area contributed by atoms with Gasteiger partial charge in [-0.1, -0.05) is 6.42 Å².